The molecular weight excluding hydrogens is 512 g/mol. The van der Waals surface area contributed by atoms with E-state index < -0.39 is 5.97 Å². The summed E-state index contributed by atoms with van der Waals surface area (Å²) in [5.74, 6) is 1.16. The summed E-state index contributed by atoms with van der Waals surface area (Å²) in [6, 6.07) is 6.37. The number of benzene rings is 1. The van der Waals surface area contributed by atoms with Gasteiger partial charge < -0.3 is 9.84 Å². The van der Waals surface area contributed by atoms with E-state index in [0.29, 0.717) is 31.4 Å². The van der Waals surface area contributed by atoms with Crippen LogP contribution >= 0.6 is 0 Å². The molecular formula is C34H45N4O3+. The number of allylic oxidation sites excluding steroid dienone is 3. The minimum atomic E-state index is -0.968. The van der Waals surface area contributed by atoms with Crippen molar-refractivity contribution < 1.29 is 19.1 Å². The van der Waals surface area contributed by atoms with Crippen LogP contribution in [0.5, 0.6) is 5.75 Å². The van der Waals surface area contributed by atoms with Crippen molar-refractivity contribution in [3.8, 4) is 5.75 Å². The largest absolute Gasteiger partial charge is 0.493 e. The molecule has 1 aromatic rings. The van der Waals surface area contributed by atoms with Crippen molar-refractivity contribution in [1.29, 1.82) is 0 Å². The molecule has 2 aliphatic carbocycles. The van der Waals surface area contributed by atoms with Crippen molar-refractivity contribution in [2.45, 2.75) is 71.3 Å². The molecule has 1 aromatic carbocycles. The van der Waals surface area contributed by atoms with Gasteiger partial charge in [-0.2, -0.15) is 0 Å². The molecule has 3 aliphatic heterocycles. The van der Waals surface area contributed by atoms with Gasteiger partial charge in [0, 0.05) is 23.6 Å². The Bertz CT molecular complexity index is 1370. The van der Waals surface area contributed by atoms with E-state index in [2.05, 4.69) is 62.2 Å². The van der Waals surface area contributed by atoms with E-state index in [9.17, 15) is 9.90 Å². The molecule has 1 saturated heterocycles. The van der Waals surface area contributed by atoms with Crippen molar-refractivity contribution >= 4 is 11.7 Å². The quantitative estimate of drug-likeness (QED) is 0.329. The Balaban J connectivity index is 1.28. The van der Waals surface area contributed by atoms with Crippen LogP contribution in [0.3, 0.4) is 0 Å². The van der Waals surface area contributed by atoms with Crippen LogP contribution in [0.4, 0.5) is 0 Å². The molecule has 4 atom stereocenters. The number of rotatable bonds is 6. The van der Waals surface area contributed by atoms with Crippen molar-refractivity contribution in [3.05, 3.63) is 75.7 Å². The summed E-state index contributed by atoms with van der Waals surface area (Å²) < 4.78 is 7.02. The maximum atomic E-state index is 12.5. The molecule has 7 heteroatoms. The SMILES string of the molecule is CC1CC2=C3/C(=C4/CNNC4CN=C(C(=O)O)/C(CCCOc4cccc5c4CCCC5)=C\C=C\[N+]3(C)CC2C)C1. The van der Waals surface area contributed by atoms with Crippen molar-refractivity contribution in [3.63, 3.8) is 0 Å². The van der Waals surface area contributed by atoms with Gasteiger partial charge in [-0.25, -0.2) is 10.2 Å². The van der Waals surface area contributed by atoms with E-state index >= 15 is 0 Å². The summed E-state index contributed by atoms with van der Waals surface area (Å²) in [6.45, 7) is 7.48. The monoisotopic (exact) mass is 557 g/mol. The van der Waals surface area contributed by atoms with Gasteiger partial charge in [0.05, 0.1) is 32.8 Å². The second-order valence-electron chi connectivity index (χ2n) is 12.9. The first-order valence-electron chi connectivity index (χ1n) is 15.5. The number of carbonyl (C=O) groups is 1. The van der Waals surface area contributed by atoms with E-state index in [1.54, 1.807) is 5.57 Å². The molecule has 1 fully saturated rings. The number of likely N-dealkylation sites (N-methyl/N-ethyl adjacent to an activating group) is 1. The number of aliphatic carboxylic acids is 1. The van der Waals surface area contributed by atoms with Crippen LogP contribution in [0.25, 0.3) is 0 Å². The number of nitrogens with one attached hydrogen (secondary N) is 2. The fourth-order valence-electron chi connectivity index (χ4n) is 7.84. The first kappa shape index (κ1) is 28.1. The zero-order chi connectivity index (χ0) is 28.6. The van der Waals surface area contributed by atoms with Gasteiger partial charge in [0.15, 0.2) is 0 Å². The van der Waals surface area contributed by atoms with Crippen molar-refractivity contribution in [2.75, 3.05) is 33.3 Å². The van der Waals surface area contributed by atoms with Crippen LogP contribution in [-0.4, -0.2) is 60.6 Å². The Kier molecular flexibility index (Phi) is 8.03. The fourth-order valence-corrected chi connectivity index (χ4v) is 7.84. The molecule has 3 heterocycles. The van der Waals surface area contributed by atoms with Gasteiger partial charge in [0.1, 0.15) is 23.4 Å². The van der Waals surface area contributed by atoms with Crippen LogP contribution in [-0.2, 0) is 17.6 Å². The third kappa shape index (κ3) is 5.60. The Labute approximate surface area is 244 Å². The molecule has 0 aromatic heterocycles. The van der Waals surface area contributed by atoms with Gasteiger partial charge in [0.2, 0.25) is 0 Å². The van der Waals surface area contributed by atoms with Crippen LogP contribution in [0, 0.1) is 11.8 Å². The predicted octanol–water partition coefficient (Wildman–Crippen LogP) is 5.26. The average Bonchev–Trinajstić information content (AvgIpc) is 3.51. The second-order valence-corrected chi connectivity index (χ2v) is 12.9. The number of carboxylic acid groups (broad SMARTS) is 1. The second kappa shape index (κ2) is 11.7. The highest BCUT2D eigenvalue weighted by atomic mass is 16.5. The minimum Gasteiger partial charge on any atom is -0.493 e. The van der Waals surface area contributed by atoms with Crippen LogP contribution < -0.4 is 15.6 Å². The molecule has 0 spiro atoms. The molecule has 41 heavy (non-hydrogen) atoms. The zero-order valence-corrected chi connectivity index (χ0v) is 24.8. The van der Waals surface area contributed by atoms with Crippen molar-refractivity contribution in [2.24, 2.45) is 16.8 Å². The van der Waals surface area contributed by atoms with E-state index in [1.807, 2.05) is 6.08 Å². The highest BCUT2D eigenvalue weighted by molar-refractivity contribution is 6.42. The molecule has 7 nitrogen and oxygen atoms in total. The summed E-state index contributed by atoms with van der Waals surface area (Å²) in [7, 11) is 2.32. The highest BCUT2D eigenvalue weighted by Gasteiger charge is 2.46. The third-order valence-electron chi connectivity index (χ3n) is 9.69. The van der Waals surface area contributed by atoms with E-state index in [1.165, 1.54) is 40.8 Å². The topological polar surface area (TPSA) is 83.0 Å². The smallest absolute Gasteiger partial charge is 0.354 e. The molecule has 6 rings (SSSR count). The average molecular weight is 558 g/mol. The van der Waals surface area contributed by atoms with Gasteiger partial charge in [-0.15, -0.1) is 0 Å². The van der Waals surface area contributed by atoms with Gasteiger partial charge in [0.25, 0.3) is 0 Å². The first-order valence-corrected chi connectivity index (χ1v) is 15.5. The number of hydrogen-bond acceptors (Lipinski definition) is 5. The standard InChI is InChI=1S/C34H44N4O3/c1-22-17-27-23(2)21-38(3)15-7-11-25(12-8-16-41-31-14-6-10-24-9-4-5-13-26(24)31)32(34(39)40)35-20-30-29(19-36-37-30)28(18-22)33(27)38/h6-7,10-11,14-15,22-23,30,36-37H,4-5,8-9,12-13,16-21H2,1-3H3/p+1/b15-7+,25-11-,29-28-,35-32?. The lowest BCUT2D eigenvalue weighted by Gasteiger charge is -2.34. The van der Waals surface area contributed by atoms with E-state index in [-0.39, 0.29) is 11.8 Å². The number of aliphatic imine (C=N–C) groups is 1. The number of hydrazine groups is 1. The Morgan fingerprint density at radius 3 is 2.88 bits per heavy atom. The summed E-state index contributed by atoms with van der Waals surface area (Å²) in [4.78, 5) is 17.2. The number of ether oxygens (including phenoxy) is 1. The molecule has 218 valence electrons. The Morgan fingerprint density at radius 2 is 2.02 bits per heavy atom. The first-order chi connectivity index (χ1) is 19.8. The predicted molar refractivity (Wildman–Crippen MR) is 163 cm³/mol. The maximum Gasteiger partial charge on any atom is 0.354 e. The van der Waals surface area contributed by atoms with E-state index in [4.69, 9.17) is 9.73 Å². The maximum absolute atomic E-state index is 12.5. The highest BCUT2D eigenvalue weighted by Crippen LogP contribution is 2.48. The van der Waals surface area contributed by atoms with Gasteiger partial charge in [-0.1, -0.05) is 32.1 Å². The normalized spacial score (nSPS) is 33.4. The summed E-state index contributed by atoms with van der Waals surface area (Å²) in [6.07, 6.45) is 14.5. The van der Waals surface area contributed by atoms with Crippen molar-refractivity contribution in [1.82, 2.24) is 10.9 Å². The number of nitrogens with zero attached hydrogens (tertiary/aromatic N) is 2. The minimum absolute atomic E-state index is 0.0139. The molecule has 0 saturated carbocycles. The number of fused-ring (bicyclic) bond motifs is 2. The lowest BCUT2D eigenvalue weighted by atomic mass is 9.79. The summed E-state index contributed by atoms with van der Waals surface area (Å²) >= 11 is 0. The fraction of sp³-hybridized carbons (Fsp3) is 0.529. The summed E-state index contributed by atoms with van der Waals surface area (Å²) in [5, 5.41) is 10.2. The summed E-state index contributed by atoms with van der Waals surface area (Å²) in [5.41, 5.74) is 16.3. The lowest BCUT2D eigenvalue weighted by molar-refractivity contribution is -0.814. The van der Waals surface area contributed by atoms with Gasteiger partial charge in [-0.05, 0) is 91.7 Å². The van der Waals surface area contributed by atoms with Gasteiger partial charge >= 0.3 is 5.97 Å². The molecule has 0 radical (unpaired) electrons. The number of aryl methyl sites for hydroxylation is 1. The zero-order valence-electron chi connectivity index (χ0n) is 24.8. The Hall–Kier alpha value is -3.00. The molecule has 3 N–H and O–H groups in total. The number of carboxylic acids is 1. The molecule has 5 aliphatic rings. The molecule has 0 bridgehead atoms. The number of quaternary nitrogens is 1. The van der Waals surface area contributed by atoms with E-state index in [0.717, 1.165) is 61.0 Å². The molecule has 4 unspecified atom stereocenters. The lowest BCUT2D eigenvalue weighted by Crippen LogP contribution is -2.38. The number of hydrogen-bond donors (Lipinski definition) is 3. The Morgan fingerprint density at radius 1 is 1.17 bits per heavy atom. The van der Waals surface area contributed by atoms with Crippen LogP contribution in [0.15, 0.2) is 69.5 Å². The van der Waals surface area contributed by atoms with Crippen LogP contribution in [0.2, 0.25) is 0 Å². The van der Waals surface area contributed by atoms with Crippen LogP contribution in [0.1, 0.15) is 63.5 Å². The van der Waals surface area contributed by atoms with Gasteiger partial charge in [-0.3, -0.25) is 14.9 Å². The third-order valence-corrected chi connectivity index (χ3v) is 9.69. The molecule has 0 amide bonds.